The van der Waals surface area contributed by atoms with Gasteiger partial charge in [0.2, 0.25) is 5.88 Å². The van der Waals surface area contributed by atoms with Gasteiger partial charge in [-0.1, -0.05) is 30.9 Å². The van der Waals surface area contributed by atoms with Gasteiger partial charge in [-0.3, -0.25) is 4.90 Å². The second-order valence-corrected chi connectivity index (χ2v) is 9.79. The van der Waals surface area contributed by atoms with Gasteiger partial charge >= 0.3 is 0 Å². The van der Waals surface area contributed by atoms with Crippen LogP contribution in [0.15, 0.2) is 97.4 Å². The monoisotopic (exact) mass is 569 g/mol. The van der Waals surface area contributed by atoms with Crippen LogP contribution >= 0.6 is 0 Å². The highest BCUT2D eigenvalue weighted by molar-refractivity contribution is 5.61. The Balaban J connectivity index is 1.21. The fourth-order valence-electron chi connectivity index (χ4n) is 4.63. The third kappa shape index (κ3) is 7.32. The molecular formula is C32H33F2N7O. The molecule has 5 rings (SSSR count). The summed E-state index contributed by atoms with van der Waals surface area (Å²) in [5.74, 6) is 1.88. The molecule has 3 heterocycles. The van der Waals surface area contributed by atoms with Crippen LogP contribution in [0.3, 0.4) is 0 Å². The summed E-state index contributed by atoms with van der Waals surface area (Å²) in [6.07, 6.45) is 9.09. The average Bonchev–Trinajstić information content (AvgIpc) is 3.45. The first-order chi connectivity index (χ1) is 20.5. The highest BCUT2D eigenvalue weighted by Gasteiger charge is 2.20. The minimum Gasteiger partial charge on any atom is -0.473 e. The summed E-state index contributed by atoms with van der Waals surface area (Å²) >= 11 is 0. The lowest BCUT2D eigenvalue weighted by atomic mass is 10.2. The van der Waals surface area contributed by atoms with Gasteiger partial charge in [0.25, 0.3) is 0 Å². The summed E-state index contributed by atoms with van der Waals surface area (Å²) in [7, 11) is 0. The third-order valence-electron chi connectivity index (χ3n) is 7.03. The lowest BCUT2D eigenvalue weighted by molar-refractivity contribution is 0.244. The highest BCUT2D eigenvalue weighted by atomic mass is 19.1. The van der Waals surface area contributed by atoms with E-state index in [1.54, 1.807) is 30.3 Å². The van der Waals surface area contributed by atoms with Crippen LogP contribution in [0.4, 0.5) is 14.6 Å². The largest absolute Gasteiger partial charge is 0.473 e. The molecule has 0 aliphatic carbocycles. The number of hydrogen-bond acceptors (Lipinski definition) is 7. The van der Waals surface area contributed by atoms with Crippen molar-refractivity contribution in [2.45, 2.75) is 13.5 Å². The van der Waals surface area contributed by atoms with Crippen LogP contribution in [0.2, 0.25) is 0 Å². The van der Waals surface area contributed by atoms with Gasteiger partial charge in [0.1, 0.15) is 30.4 Å². The normalized spacial score (nSPS) is 14.5. The Bertz CT molecular complexity index is 1540. The molecule has 10 heteroatoms. The fourth-order valence-corrected chi connectivity index (χ4v) is 4.63. The van der Waals surface area contributed by atoms with Gasteiger partial charge in [-0.05, 0) is 61.0 Å². The first-order valence-corrected chi connectivity index (χ1v) is 13.9. The van der Waals surface area contributed by atoms with Gasteiger partial charge in [0.05, 0.1) is 6.54 Å². The van der Waals surface area contributed by atoms with Crippen LogP contribution < -0.4 is 9.64 Å². The number of benzene rings is 2. The number of allylic oxidation sites excluding steroid dienone is 3. The lowest BCUT2D eigenvalue weighted by Crippen LogP contribution is -2.47. The Hall–Kier alpha value is -4.70. The molecule has 8 nitrogen and oxygen atoms in total. The van der Waals surface area contributed by atoms with Gasteiger partial charge in [0.15, 0.2) is 11.6 Å². The van der Waals surface area contributed by atoms with Crippen molar-refractivity contribution in [3.8, 4) is 28.7 Å². The van der Waals surface area contributed by atoms with E-state index in [1.165, 1.54) is 30.6 Å². The molecule has 2 aromatic carbocycles. The Morgan fingerprint density at radius 2 is 1.62 bits per heavy atom. The minimum absolute atomic E-state index is 0.313. The van der Waals surface area contributed by atoms with Crippen molar-refractivity contribution in [3.05, 3.63) is 109 Å². The Labute approximate surface area is 244 Å². The van der Waals surface area contributed by atoms with Crippen molar-refractivity contribution in [1.29, 1.82) is 0 Å². The smallest absolute Gasteiger partial charge is 0.218 e. The zero-order valence-electron chi connectivity index (χ0n) is 23.5. The standard InChI is InChI=1S/C32H33F2N7O/c1-3-5-6-24(4-2)22-42-30-21-29(35-23-36-30)40-18-15-39(16-19-40)17-20-41-32(26-9-13-28(34)14-10-26)37-31(38-41)25-7-11-27(33)12-8-25/h3-14,21,23H,1,15-20,22H2,2H3/b6-5-,24-4+. The molecule has 1 fully saturated rings. The van der Waals surface area contributed by atoms with Crippen LogP contribution in [-0.4, -0.2) is 69.0 Å². The molecule has 1 aliphatic heterocycles. The Morgan fingerprint density at radius 3 is 2.29 bits per heavy atom. The second-order valence-electron chi connectivity index (χ2n) is 9.79. The highest BCUT2D eigenvalue weighted by Crippen LogP contribution is 2.24. The number of halogens is 2. The number of nitrogens with zero attached hydrogens (tertiary/aromatic N) is 7. The molecule has 42 heavy (non-hydrogen) atoms. The van der Waals surface area contributed by atoms with Crippen molar-refractivity contribution >= 4 is 5.82 Å². The first kappa shape index (κ1) is 28.8. The van der Waals surface area contributed by atoms with Gasteiger partial charge in [-0.25, -0.2) is 28.4 Å². The van der Waals surface area contributed by atoms with Crippen LogP contribution in [0.1, 0.15) is 6.92 Å². The SMILES string of the molecule is C=C/C=C\C(=C/C)COc1cc(N2CCN(CCn3nc(-c4ccc(F)cc4)nc3-c3ccc(F)cc3)CC2)ncn1. The maximum absolute atomic E-state index is 13.6. The summed E-state index contributed by atoms with van der Waals surface area (Å²) in [4.78, 5) is 18.1. The number of piperazine rings is 1. The van der Waals surface area contributed by atoms with Gasteiger partial charge in [-0.15, -0.1) is 0 Å². The fraction of sp³-hybridized carbons (Fsp3) is 0.250. The van der Waals surface area contributed by atoms with E-state index in [1.807, 2.05) is 35.9 Å². The number of ether oxygens (including phenoxy) is 1. The van der Waals surface area contributed by atoms with Crippen molar-refractivity contribution in [3.63, 3.8) is 0 Å². The van der Waals surface area contributed by atoms with Crippen LogP contribution in [-0.2, 0) is 6.54 Å². The molecule has 216 valence electrons. The molecule has 0 radical (unpaired) electrons. The summed E-state index contributed by atoms with van der Waals surface area (Å²) in [5.41, 5.74) is 2.51. The Morgan fingerprint density at radius 1 is 0.929 bits per heavy atom. The molecule has 0 bridgehead atoms. The Kier molecular flexibility index (Phi) is 9.45. The van der Waals surface area contributed by atoms with Crippen LogP contribution in [0.5, 0.6) is 5.88 Å². The van der Waals surface area contributed by atoms with E-state index in [4.69, 9.17) is 14.8 Å². The molecule has 4 aromatic rings. The number of aromatic nitrogens is 5. The lowest BCUT2D eigenvalue weighted by Gasteiger charge is -2.35. The average molecular weight is 570 g/mol. The van der Waals surface area contributed by atoms with Crippen LogP contribution in [0.25, 0.3) is 22.8 Å². The molecule has 0 saturated carbocycles. The predicted molar refractivity (Wildman–Crippen MR) is 160 cm³/mol. The number of hydrogen-bond donors (Lipinski definition) is 0. The molecule has 2 aromatic heterocycles. The molecule has 0 amide bonds. The van der Waals surface area contributed by atoms with E-state index in [-0.39, 0.29) is 11.6 Å². The number of anilines is 1. The van der Waals surface area contributed by atoms with Crippen molar-refractivity contribution in [2.75, 3.05) is 44.2 Å². The van der Waals surface area contributed by atoms with E-state index in [2.05, 4.69) is 26.3 Å². The molecule has 0 unspecified atom stereocenters. The van der Waals surface area contributed by atoms with Crippen molar-refractivity contribution in [2.24, 2.45) is 0 Å². The number of rotatable bonds is 11. The third-order valence-corrected chi connectivity index (χ3v) is 7.03. The topological polar surface area (TPSA) is 72.2 Å². The summed E-state index contributed by atoms with van der Waals surface area (Å²) in [6, 6.07) is 14.2. The van der Waals surface area contributed by atoms with Gasteiger partial charge < -0.3 is 9.64 Å². The summed E-state index contributed by atoms with van der Waals surface area (Å²) < 4.78 is 34.8. The molecular weight excluding hydrogens is 536 g/mol. The maximum atomic E-state index is 13.6. The quantitative estimate of drug-likeness (QED) is 0.219. The molecule has 0 spiro atoms. The van der Waals surface area contributed by atoms with Crippen molar-refractivity contribution in [1.82, 2.24) is 29.6 Å². The van der Waals surface area contributed by atoms with Crippen LogP contribution in [0, 0.1) is 11.6 Å². The summed E-state index contributed by atoms with van der Waals surface area (Å²) in [6.45, 7) is 10.7. The molecule has 1 saturated heterocycles. The zero-order chi connectivity index (χ0) is 29.3. The molecule has 0 N–H and O–H groups in total. The van der Waals surface area contributed by atoms with E-state index in [0.29, 0.717) is 30.7 Å². The first-order valence-electron chi connectivity index (χ1n) is 13.9. The predicted octanol–water partition coefficient (Wildman–Crippen LogP) is 5.57. The molecule has 1 aliphatic rings. The maximum Gasteiger partial charge on any atom is 0.218 e. The van der Waals surface area contributed by atoms with E-state index in [0.717, 1.165) is 55.2 Å². The minimum atomic E-state index is -0.318. The van der Waals surface area contributed by atoms with E-state index < -0.39 is 0 Å². The van der Waals surface area contributed by atoms with E-state index >= 15 is 0 Å². The second kappa shape index (κ2) is 13.8. The summed E-state index contributed by atoms with van der Waals surface area (Å²) in [5, 5.41) is 4.73. The van der Waals surface area contributed by atoms with Gasteiger partial charge in [-0.2, -0.15) is 5.10 Å². The van der Waals surface area contributed by atoms with E-state index in [9.17, 15) is 8.78 Å². The zero-order valence-corrected chi connectivity index (χ0v) is 23.5. The van der Waals surface area contributed by atoms with Gasteiger partial charge in [0, 0.05) is 49.9 Å². The van der Waals surface area contributed by atoms with Crippen molar-refractivity contribution < 1.29 is 13.5 Å². The molecule has 0 atom stereocenters.